The van der Waals surface area contributed by atoms with Crippen LogP contribution in [-0.2, 0) is 28.2 Å². The van der Waals surface area contributed by atoms with E-state index in [0.717, 1.165) is 56.4 Å². The molecule has 4 aliphatic heterocycles. The van der Waals surface area contributed by atoms with E-state index in [0.29, 0.717) is 11.4 Å². The molecule has 0 bridgehead atoms. The number of allylic oxidation sites excluding steroid dienone is 4. The highest BCUT2D eigenvalue weighted by Gasteiger charge is 2.43. The van der Waals surface area contributed by atoms with E-state index in [1.54, 1.807) is 12.4 Å². The van der Waals surface area contributed by atoms with Crippen LogP contribution in [-0.4, -0.2) is 65.5 Å². The summed E-state index contributed by atoms with van der Waals surface area (Å²) in [7, 11) is 16.9. The standard InChI is InChI=1S/C20H22BN2O.C19H20BN2O.C18H19BN3O.C17H17BN3O/c1-13-10-19(22(4)12-14(13)2)21-15(3)11-18-20(23(21)5)16-8-6-7-9-17(16)24-18;1-13-9-10-21(3)18(11-13)20-14(2)12-17-19(22(20)4)15-7-5-6-8-16(15)23-17;1-12-7-8-16(21(3)11-12)19-13(2)10-15-14-6-5-9-20-17(14)23-18(15)22(19)4;1-12-11-14-13-7-6-9-19-16(13)22-17(14)21(3)18(12)15-8-4-5-10-20(15)2/h6-12H,1-5H3;5-12H,1-4H3;5-11H,1-4H3;4-11H,1-3H3/q4*+1. The van der Waals surface area contributed by atoms with Crippen LogP contribution in [0.3, 0.4) is 0 Å². The normalized spacial score (nSPS) is 14.2. The molecule has 92 heavy (non-hydrogen) atoms. The maximum Gasteiger partial charge on any atom is 0.401 e. The lowest BCUT2D eigenvalue weighted by molar-refractivity contribution is -0.654. The number of para-hydroxylation sites is 2. The first-order valence-corrected chi connectivity index (χ1v) is 31.5. The number of anilines is 4. The molecule has 0 aliphatic carbocycles. The first-order valence-electron chi connectivity index (χ1n) is 31.5. The van der Waals surface area contributed by atoms with Crippen molar-refractivity contribution in [3.8, 4) is 0 Å². The second-order valence-corrected chi connectivity index (χ2v) is 25.5. The van der Waals surface area contributed by atoms with Crippen LogP contribution in [0.15, 0.2) is 198 Å². The van der Waals surface area contributed by atoms with Crippen LogP contribution in [0.25, 0.3) is 68.4 Å². The van der Waals surface area contributed by atoms with E-state index in [4.69, 9.17) is 17.7 Å². The van der Waals surface area contributed by atoms with Gasteiger partial charge in [0.05, 0.1) is 11.4 Å². The highest BCUT2D eigenvalue weighted by atomic mass is 16.4. The van der Waals surface area contributed by atoms with Crippen molar-refractivity contribution >= 4 is 141 Å². The zero-order valence-corrected chi connectivity index (χ0v) is 55.7. The van der Waals surface area contributed by atoms with Crippen molar-refractivity contribution in [1.29, 1.82) is 0 Å². The zero-order chi connectivity index (χ0) is 64.5. The summed E-state index contributed by atoms with van der Waals surface area (Å²) >= 11 is 0. The molecule has 0 radical (unpaired) electrons. The summed E-state index contributed by atoms with van der Waals surface area (Å²) in [6, 6.07) is 41.9. The molecule has 456 valence electrons. The van der Waals surface area contributed by atoms with Crippen LogP contribution in [0.2, 0.25) is 0 Å². The maximum absolute atomic E-state index is 6.06. The summed E-state index contributed by atoms with van der Waals surface area (Å²) in [6.45, 7) is 18.1. The highest BCUT2D eigenvalue weighted by molar-refractivity contribution is 6.84. The molecule has 4 aliphatic rings. The second-order valence-electron chi connectivity index (χ2n) is 25.5. The average molecular weight is 1210 g/mol. The number of furan rings is 4. The number of pyridine rings is 6. The minimum absolute atomic E-state index is 0.161. The second kappa shape index (κ2) is 24.3. The lowest BCUT2D eigenvalue weighted by Gasteiger charge is -2.29. The molecule has 0 atom stereocenters. The van der Waals surface area contributed by atoms with Crippen molar-refractivity contribution in [2.75, 3.05) is 47.4 Å². The summed E-state index contributed by atoms with van der Waals surface area (Å²) in [5, 5.41) is 4.49. The number of rotatable bonds is 4. The van der Waals surface area contributed by atoms with Crippen LogP contribution < -0.4 is 59.9 Å². The fraction of sp³-hybridized carbons (Fsp3) is 0.216. The smallest absolute Gasteiger partial charge is 0.401 e. The number of hydrogen-bond acceptors (Lipinski definition) is 10. The van der Waals surface area contributed by atoms with Gasteiger partial charge in [0.25, 0.3) is 0 Å². The molecule has 2 aromatic carbocycles. The minimum atomic E-state index is 0.161. The van der Waals surface area contributed by atoms with Crippen molar-refractivity contribution in [2.24, 2.45) is 28.2 Å². The molecule has 12 aromatic rings. The predicted octanol–water partition coefficient (Wildman–Crippen LogP) is 10.2. The molecule has 0 amide bonds. The summed E-state index contributed by atoms with van der Waals surface area (Å²) in [5.74, 6) is 3.68. The zero-order valence-electron chi connectivity index (χ0n) is 55.7. The van der Waals surface area contributed by atoms with Crippen LogP contribution in [0, 0.1) is 27.7 Å². The fourth-order valence-electron chi connectivity index (χ4n) is 14.3. The Morgan fingerprint density at radius 1 is 0.370 bits per heavy atom. The Bertz CT molecular complexity index is 5020. The van der Waals surface area contributed by atoms with E-state index in [9.17, 15) is 0 Å². The summed E-state index contributed by atoms with van der Waals surface area (Å²) in [5.41, 5.74) is 23.3. The van der Waals surface area contributed by atoms with Gasteiger partial charge in [-0.1, -0.05) is 64.4 Å². The van der Waals surface area contributed by atoms with Crippen molar-refractivity contribution in [2.45, 2.75) is 55.4 Å². The highest BCUT2D eigenvalue weighted by Crippen LogP contribution is 2.42. The Balaban J connectivity index is 0.000000112. The third-order valence-electron chi connectivity index (χ3n) is 18.9. The number of hydrogen-bond donors (Lipinski definition) is 0. The largest absolute Gasteiger partial charge is 0.455 e. The first-order chi connectivity index (χ1) is 44.3. The van der Waals surface area contributed by atoms with Crippen LogP contribution in [0.1, 0.15) is 72.6 Å². The van der Waals surface area contributed by atoms with Crippen LogP contribution >= 0.6 is 0 Å². The Kier molecular flexibility index (Phi) is 16.0. The Labute approximate surface area is 540 Å². The van der Waals surface area contributed by atoms with E-state index in [-0.39, 0.29) is 27.4 Å². The van der Waals surface area contributed by atoms with E-state index in [2.05, 4.69) is 287 Å². The third kappa shape index (κ3) is 10.8. The van der Waals surface area contributed by atoms with Crippen LogP contribution in [0.4, 0.5) is 23.1 Å². The number of benzene rings is 2. The van der Waals surface area contributed by atoms with E-state index < -0.39 is 0 Å². The fourth-order valence-corrected chi connectivity index (χ4v) is 14.3. The number of aromatic nitrogens is 6. The van der Waals surface area contributed by atoms with Gasteiger partial charge in [0.2, 0.25) is 11.4 Å². The van der Waals surface area contributed by atoms with Gasteiger partial charge in [-0.3, -0.25) is 0 Å². The van der Waals surface area contributed by atoms with E-state index >= 15 is 0 Å². The Morgan fingerprint density at radius 2 is 0.815 bits per heavy atom. The van der Waals surface area contributed by atoms with Crippen molar-refractivity contribution < 1.29 is 35.9 Å². The van der Waals surface area contributed by atoms with Crippen molar-refractivity contribution in [1.82, 2.24) is 9.97 Å². The quantitative estimate of drug-likeness (QED) is 0.125. The van der Waals surface area contributed by atoms with E-state index in [1.807, 2.05) is 42.5 Å². The van der Waals surface area contributed by atoms with Gasteiger partial charge in [0.15, 0.2) is 58.9 Å². The van der Waals surface area contributed by atoms with Crippen molar-refractivity contribution in [3.63, 3.8) is 0 Å². The van der Waals surface area contributed by atoms with Crippen molar-refractivity contribution in [3.05, 3.63) is 225 Å². The van der Waals surface area contributed by atoms with Gasteiger partial charge in [0, 0.05) is 80.5 Å². The number of nitrogens with zero attached hydrogens (tertiary/aromatic N) is 10. The molecular formula is C74H78B4N10O4+4. The average Bonchev–Trinajstić information content (AvgIpc) is 1.57. The summed E-state index contributed by atoms with van der Waals surface area (Å²) in [6.07, 6.45) is 20.9. The molecule has 0 N–H and O–H groups in total. The van der Waals surface area contributed by atoms with Crippen LogP contribution in [0.5, 0.6) is 0 Å². The molecule has 0 saturated heterocycles. The molecule has 0 unspecified atom stereocenters. The van der Waals surface area contributed by atoms with Gasteiger partial charge in [0.1, 0.15) is 50.9 Å². The Morgan fingerprint density at radius 3 is 1.34 bits per heavy atom. The maximum atomic E-state index is 6.06. The topological polar surface area (TPSA) is 107 Å². The van der Waals surface area contributed by atoms with Gasteiger partial charge in [-0.15, -0.1) is 0 Å². The molecule has 14 heterocycles. The number of aryl methyl sites for hydroxylation is 8. The first kappa shape index (κ1) is 60.8. The monoisotopic (exact) mass is 1210 g/mol. The van der Waals surface area contributed by atoms with Gasteiger partial charge in [-0.2, -0.15) is 0 Å². The molecular weight excluding hydrogens is 1140 g/mol. The number of fused-ring (bicyclic) bond motifs is 12. The van der Waals surface area contributed by atoms with Gasteiger partial charge < -0.3 is 36.9 Å². The molecule has 18 heteroatoms. The predicted molar refractivity (Wildman–Crippen MR) is 380 cm³/mol. The van der Waals surface area contributed by atoms with Gasteiger partial charge in [-0.05, 0) is 174 Å². The summed E-state index contributed by atoms with van der Waals surface area (Å²) in [4.78, 5) is 17.8. The molecule has 16 rings (SSSR count). The molecule has 0 fully saturated rings. The molecule has 14 nitrogen and oxygen atoms in total. The molecule has 10 aromatic heterocycles. The van der Waals surface area contributed by atoms with Gasteiger partial charge >= 0.3 is 27.4 Å². The lowest BCUT2D eigenvalue weighted by atomic mass is 9.49. The molecule has 0 spiro atoms. The van der Waals surface area contributed by atoms with Gasteiger partial charge in [-0.25, -0.2) is 28.2 Å². The lowest BCUT2D eigenvalue weighted by Crippen LogP contribution is -2.62. The summed E-state index contributed by atoms with van der Waals surface area (Å²) < 4.78 is 32.9. The Hall–Kier alpha value is -10.1. The molecule has 0 saturated carbocycles. The minimum Gasteiger partial charge on any atom is -0.455 e. The third-order valence-corrected chi connectivity index (χ3v) is 18.9. The van der Waals surface area contributed by atoms with E-state index in [1.165, 1.54) is 88.7 Å². The SMILES string of the molecule is CC1=Cc2c(oc3ncccc23)N(C)B1c1ccc(C)c[n+]1C.CC1=Cc2c(oc3ncccc23)N(C)B1c1cccc[n+]1C.CC1=Cc2oc3ccccc3c2N(C)B1c1cc(C)c(C)c[n+]1C.CC1=Cc2oc3ccccc3c2N(C)B1c1cc(C)cc[n+]1C.